The summed E-state index contributed by atoms with van der Waals surface area (Å²) in [6.07, 6.45) is -2.14. The Bertz CT molecular complexity index is 618. The summed E-state index contributed by atoms with van der Waals surface area (Å²) in [6.45, 7) is -0.493. The van der Waals surface area contributed by atoms with Crippen molar-refractivity contribution < 1.29 is 14.9 Å². The van der Waals surface area contributed by atoms with Crippen LogP contribution < -0.4 is 11.2 Å². The number of aromatic nitrogens is 2. The van der Waals surface area contributed by atoms with Crippen LogP contribution >= 0.6 is 0 Å². The molecule has 0 radical (unpaired) electrons. The van der Waals surface area contributed by atoms with Gasteiger partial charge in [0.15, 0.2) is 0 Å². The molecule has 0 aliphatic carbocycles. The Kier molecular flexibility index (Phi) is 3.67. The molecule has 10 nitrogen and oxygen atoms in total. The molecule has 1 aliphatic rings. The maximum atomic E-state index is 11.6. The normalized spacial score (nSPS) is 30.0. The molecule has 19 heavy (non-hydrogen) atoms. The predicted molar refractivity (Wildman–Crippen MR) is 61.3 cm³/mol. The fourth-order valence-corrected chi connectivity index (χ4v) is 1.92. The van der Waals surface area contributed by atoms with Crippen LogP contribution in [0.1, 0.15) is 6.23 Å². The number of nitrogens with one attached hydrogen (secondary N) is 1. The number of aliphatic hydroxyl groups is 2. The molecule has 0 aromatic carbocycles. The minimum absolute atomic E-state index is 0.493. The number of H-pyrrole nitrogens is 1. The van der Waals surface area contributed by atoms with E-state index in [9.17, 15) is 14.7 Å². The second-order valence-electron chi connectivity index (χ2n) is 3.95. The first-order valence-electron chi connectivity index (χ1n) is 5.38. The second-order valence-corrected chi connectivity index (χ2v) is 3.95. The van der Waals surface area contributed by atoms with Gasteiger partial charge in [0.1, 0.15) is 18.4 Å². The Hall–Kier alpha value is -2.13. The van der Waals surface area contributed by atoms with Gasteiger partial charge in [-0.1, -0.05) is 5.11 Å². The minimum atomic E-state index is -1.25. The average Bonchev–Trinajstić information content (AvgIpc) is 2.68. The van der Waals surface area contributed by atoms with Crippen molar-refractivity contribution >= 4 is 0 Å². The molecule has 0 unspecified atom stereocenters. The number of hydrogen-bond donors (Lipinski definition) is 3. The summed E-state index contributed by atoms with van der Waals surface area (Å²) in [5, 5.41) is 22.2. The molecule has 1 saturated heterocycles. The van der Waals surface area contributed by atoms with Crippen molar-refractivity contribution in [1.29, 1.82) is 0 Å². The number of aliphatic hydroxyl groups excluding tert-OH is 2. The van der Waals surface area contributed by atoms with Crippen LogP contribution in [-0.4, -0.2) is 44.6 Å². The molecule has 2 rings (SSSR count). The highest BCUT2D eigenvalue weighted by molar-refractivity contribution is 4.96. The molecule has 102 valence electrons. The standard InChI is InChI=1S/C9H11N5O5/c10-13-12-6-7(17)4(3-15)19-8(6)14-2-1-5(16)11-9(14)18/h1-2,4,6-8,15,17H,3H2,(H,11,16,18)/t4-,6-,7+,8+/m1/s1. The van der Waals surface area contributed by atoms with Crippen molar-refractivity contribution in [1.82, 2.24) is 9.55 Å². The first-order chi connectivity index (χ1) is 9.08. The van der Waals surface area contributed by atoms with E-state index in [4.69, 9.17) is 15.4 Å². The molecule has 1 aromatic heterocycles. The molecule has 0 spiro atoms. The topological polar surface area (TPSA) is 153 Å². The summed E-state index contributed by atoms with van der Waals surface area (Å²) in [5.41, 5.74) is 7.12. The van der Waals surface area contributed by atoms with E-state index in [0.717, 1.165) is 16.8 Å². The molecule has 3 N–H and O–H groups in total. The van der Waals surface area contributed by atoms with Crippen molar-refractivity contribution in [3.8, 4) is 0 Å². The van der Waals surface area contributed by atoms with Crippen LogP contribution in [-0.2, 0) is 4.74 Å². The first-order valence-corrected chi connectivity index (χ1v) is 5.38. The fraction of sp³-hybridized carbons (Fsp3) is 0.556. The van der Waals surface area contributed by atoms with Gasteiger partial charge < -0.3 is 14.9 Å². The minimum Gasteiger partial charge on any atom is -0.394 e. The van der Waals surface area contributed by atoms with Gasteiger partial charge in [0, 0.05) is 17.2 Å². The maximum absolute atomic E-state index is 11.6. The second kappa shape index (κ2) is 5.24. The summed E-state index contributed by atoms with van der Waals surface area (Å²) < 4.78 is 6.26. The third-order valence-corrected chi connectivity index (χ3v) is 2.83. The predicted octanol–water partition coefficient (Wildman–Crippen LogP) is -1.53. The number of hydrogen-bond acceptors (Lipinski definition) is 6. The van der Waals surface area contributed by atoms with Gasteiger partial charge in [-0.05, 0) is 5.53 Å². The molecule has 10 heteroatoms. The van der Waals surface area contributed by atoms with Crippen molar-refractivity contribution in [3.05, 3.63) is 43.5 Å². The highest BCUT2D eigenvalue weighted by Gasteiger charge is 2.44. The summed E-state index contributed by atoms with van der Waals surface area (Å²) in [7, 11) is 0. The van der Waals surface area contributed by atoms with Gasteiger partial charge in [-0.2, -0.15) is 0 Å². The van der Waals surface area contributed by atoms with Crippen LogP contribution in [0.5, 0.6) is 0 Å². The average molecular weight is 269 g/mol. The number of ether oxygens (including phenoxy) is 1. The van der Waals surface area contributed by atoms with E-state index in [1.807, 2.05) is 4.98 Å². The lowest BCUT2D eigenvalue weighted by atomic mass is 10.1. The van der Waals surface area contributed by atoms with Gasteiger partial charge in [0.05, 0.1) is 12.7 Å². The van der Waals surface area contributed by atoms with Crippen LogP contribution in [0.3, 0.4) is 0 Å². The number of aromatic amines is 1. The third-order valence-electron chi connectivity index (χ3n) is 2.83. The number of azide groups is 1. The van der Waals surface area contributed by atoms with E-state index < -0.39 is 42.3 Å². The zero-order chi connectivity index (χ0) is 14.0. The van der Waals surface area contributed by atoms with Gasteiger partial charge in [-0.25, -0.2) is 4.79 Å². The van der Waals surface area contributed by atoms with Gasteiger partial charge in [-0.3, -0.25) is 14.3 Å². The smallest absolute Gasteiger partial charge is 0.330 e. The highest BCUT2D eigenvalue weighted by atomic mass is 16.5. The highest BCUT2D eigenvalue weighted by Crippen LogP contribution is 2.30. The van der Waals surface area contributed by atoms with E-state index in [1.165, 1.54) is 0 Å². The summed E-state index contributed by atoms with van der Waals surface area (Å²) in [6, 6.07) is 0.0158. The van der Waals surface area contributed by atoms with Crippen LogP contribution in [0.15, 0.2) is 27.0 Å². The lowest BCUT2D eigenvalue weighted by molar-refractivity contribution is -0.0464. The molecule has 1 fully saturated rings. The van der Waals surface area contributed by atoms with Crippen LogP contribution in [0.25, 0.3) is 10.4 Å². The molecule has 0 amide bonds. The van der Waals surface area contributed by atoms with Crippen molar-refractivity contribution in [3.63, 3.8) is 0 Å². The van der Waals surface area contributed by atoms with Crippen molar-refractivity contribution in [2.45, 2.75) is 24.5 Å². The fourth-order valence-electron chi connectivity index (χ4n) is 1.92. The van der Waals surface area contributed by atoms with E-state index in [2.05, 4.69) is 10.0 Å². The third kappa shape index (κ3) is 2.37. The summed E-state index contributed by atoms with van der Waals surface area (Å²) >= 11 is 0. The Morgan fingerprint density at radius 3 is 2.89 bits per heavy atom. The van der Waals surface area contributed by atoms with E-state index in [1.54, 1.807) is 0 Å². The van der Waals surface area contributed by atoms with Gasteiger partial charge in [0.25, 0.3) is 5.56 Å². The largest absolute Gasteiger partial charge is 0.394 e. The molecule has 0 bridgehead atoms. The van der Waals surface area contributed by atoms with E-state index in [-0.39, 0.29) is 0 Å². The van der Waals surface area contributed by atoms with Crippen molar-refractivity contribution in [2.75, 3.05) is 6.61 Å². The first kappa shape index (κ1) is 13.3. The number of nitrogens with zero attached hydrogens (tertiary/aromatic N) is 4. The molecule has 2 heterocycles. The van der Waals surface area contributed by atoms with Gasteiger partial charge in [-0.15, -0.1) is 0 Å². The quantitative estimate of drug-likeness (QED) is 0.345. The van der Waals surface area contributed by atoms with E-state index >= 15 is 0 Å². The molecule has 0 saturated carbocycles. The lowest BCUT2D eigenvalue weighted by Gasteiger charge is -2.17. The Morgan fingerprint density at radius 2 is 2.32 bits per heavy atom. The Labute approximate surface area is 105 Å². The molecule has 4 atom stereocenters. The zero-order valence-corrected chi connectivity index (χ0v) is 9.58. The molecular weight excluding hydrogens is 258 g/mol. The SMILES string of the molecule is [N-]=[N+]=N[C@@H]1[C@@H](O)[C@@H](CO)O[C@@H]1n1ccc(=O)[nH]c1=O. The van der Waals surface area contributed by atoms with Gasteiger partial charge in [0.2, 0.25) is 0 Å². The van der Waals surface area contributed by atoms with Gasteiger partial charge >= 0.3 is 5.69 Å². The number of rotatable bonds is 3. The lowest BCUT2D eigenvalue weighted by Crippen LogP contribution is -2.36. The van der Waals surface area contributed by atoms with Crippen LogP contribution in [0.2, 0.25) is 0 Å². The molecule has 1 aromatic rings. The monoisotopic (exact) mass is 269 g/mol. The zero-order valence-electron chi connectivity index (χ0n) is 9.58. The van der Waals surface area contributed by atoms with Crippen LogP contribution in [0.4, 0.5) is 0 Å². The molecule has 1 aliphatic heterocycles. The summed E-state index contributed by atoms with van der Waals surface area (Å²) in [4.78, 5) is 27.2. The Morgan fingerprint density at radius 1 is 1.58 bits per heavy atom. The van der Waals surface area contributed by atoms with Crippen molar-refractivity contribution in [2.24, 2.45) is 5.11 Å². The molecular formula is C9H11N5O5. The Balaban J connectivity index is 2.44. The van der Waals surface area contributed by atoms with E-state index in [0.29, 0.717) is 0 Å². The van der Waals surface area contributed by atoms with Crippen LogP contribution in [0, 0.1) is 0 Å². The maximum Gasteiger partial charge on any atom is 0.330 e. The summed E-state index contributed by atoms with van der Waals surface area (Å²) in [5.74, 6) is 0.